The monoisotopic (exact) mass is 345 g/mol. The Morgan fingerprint density at radius 2 is 1.96 bits per heavy atom. The molecule has 130 valence electrons. The largest absolute Gasteiger partial charge is 0.461 e. The third-order valence-corrected chi connectivity index (χ3v) is 4.03. The summed E-state index contributed by atoms with van der Waals surface area (Å²) < 4.78 is 54.5. The van der Waals surface area contributed by atoms with Crippen LogP contribution in [0.15, 0.2) is 29.3 Å². The fourth-order valence-electron chi connectivity index (χ4n) is 2.74. The summed E-state index contributed by atoms with van der Waals surface area (Å²) in [4.78, 5) is 16.7. The lowest BCUT2D eigenvalue weighted by Gasteiger charge is -2.28. The first-order valence-electron chi connectivity index (χ1n) is 7.40. The van der Waals surface area contributed by atoms with Gasteiger partial charge in [-0.15, -0.1) is 0 Å². The number of ether oxygens (including phenoxy) is 1. The predicted octanol–water partition coefficient (Wildman–Crippen LogP) is 1.92. The summed E-state index contributed by atoms with van der Waals surface area (Å²) in [7, 11) is 0. The Bertz CT molecular complexity index is 672. The van der Waals surface area contributed by atoms with Crippen LogP contribution in [-0.4, -0.2) is 42.9 Å². The fourth-order valence-corrected chi connectivity index (χ4v) is 2.74. The second-order valence-corrected chi connectivity index (χ2v) is 5.69. The quantitative estimate of drug-likeness (QED) is 0.820. The van der Waals surface area contributed by atoms with Crippen molar-refractivity contribution in [1.29, 1.82) is 0 Å². The number of piperidine rings is 1. The molecule has 24 heavy (non-hydrogen) atoms. The minimum absolute atomic E-state index is 0.229. The minimum atomic E-state index is -4.59. The van der Waals surface area contributed by atoms with Crippen molar-refractivity contribution in [3.63, 3.8) is 0 Å². The molecular weight excluding hydrogens is 330 g/mol. The van der Waals surface area contributed by atoms with Crippen LogP contribution in [-0.2, 0) is 4.79 Å². The highest BCUT2D eigenvalue weighted by Gasteiger charge is 2.45. The van der Waals surface area contributed by atoms with E-state index in [2.05, 4.69) is 20.4 Å². The van der Waals surface area contributed by atoms with E-state index in [9.17, 15) is 22.4 Å². The van der Waals surface area contributed by atoms with Crippen molar-refractivity contribution >= 4 is 11.7 Å². The van der Waals surface area contributed by atoms with Gasteiger partial charge in [0.25, 0.3) is 5.91 Å². The predicted molar refractivity (Wildman–Crippen MR) is 77.5 cm³/mol. The number of halogens is 4. The zero-order valence-corrected chi connectivity index (χ0v) is 12.5. The van der Waals surface area contributed by atoms with Gasteiger partial charge in [0.2, 0.25) is 0 Å². The van der Waals surface area contributed by atoms with Crippen LogP contribution in [0.3, 0.4) is 0 Å². The highest BCUT2D eigenvalue weighted by molar-refractivity contribution is 6.15. The zero-order chi connectivity index (χ0) is 17.4. The molecule has 0 aliphatic carbocycles. The Labute approximate surface area is 135 Å². The number of alkyl halides is 4. The van der Waals surface area contributed by atoms with Crippen LogP contribution >= 0.6 is 0 Å². The molecule has 0 unspecified atom stereocenters. The number of nitrogens with zero attached hydrogens (tertiary/aromatic N) is 1. The number of hydrogen-bond donors (Lipinski definition) is 2. The molecule has 1 fully saturated rings. The molecule has 1 aromatic carbocycles. The molecule has 2 heterocycles. The number of amides is 1. The first-order chi connectivity index (χ1) is 11.3. The van der Waals surface area contributed by atoms with E-state index in [1.165, 1.54) is 12.1 Å². The summed E-state index contributed by atoms with van der Waals surface area (Å²) in [6.45, 7) is 1.29. The molecule has 0 aromatic heterocycles. The van der Waals surface area contributed by atoms with Crippen molar-refractivity contribution in [1.82, 2.24) is 10.6 Å². The fraction of sp³-hybridized carbons (Fsp3) is 0.467. The number of nitrogens with one attached hydrogen (secondary N) is 2. The van der Waals surface area contributed by atoms with Gasteiger partial charge in [-0.05, 0) is 38.1 Å². The molecule has 0 bridgehead atoms. The number of aliphatic imine (C=N–C) groups is 1. The Kier molecular flexibility index (Phi) is 4.20. The Morgan fingerprint density at radius 3 is 2.62 bits per heavy atom. The van der Waals surface area contributed by atoms with Crippen LogP contribution in [0, 0.1) is 0 Å². The molecular formula is C15H15F4N3O2. The van der Waals surface area contributed by atoms with E-state index in [1.54, 1.807) is 0 Å². The van der Waals surface area contributed by atoms with E-state index in [4.69, 9.17) is 0 Å². The molecule has 1 amide bonds. The zero-order valence-electron chi connectivity index (χ0n) is 12.5. The first kappa shape index (κ1) is 16.7. The number of benzene rings is 1. The molecule has 1 saturated heterocycles. The van der Waals surface area contributed by atoms with Gasteiger partial charge in [0, 0.05) is 5.56 Å². The molecule has 2 N–H and O–H groups in total. The van der Waals surface area contributed by atoms with Gasteiger partial charge in [-0.3, -0.25) is 9.79 Å². The van der Waals surface area contributed by atoms with E-state index in [0.29, 0.717) is 31.5 Å². The maximum absolute atomic E-state index is 13.0. The van der Waals surface area contributed by atoms with E-state index in [-0.39, 0.29) is 11.7 Å². The molecule has 0 atom stereocenters. The van der Waals surface area contributed by atoms with Crippen molar-refractivity contribution in [2.45, 2.75) is 30.9 Å². The van der Waals surface area contributed by atoms with Crippen LogP contribution in [0.25, 0.3) is 0 Å². The molecule has 3 rings (SSSR count). The number of hydrogen-bond acceptors (Lipinski definition) is 4. The minimum Gasteiger partial charge on any atom is -0.428 e. The highest BCUT2D eigenvalue weighted by Crippen LogP contribution is 2.31. The normalized spacial score (nSPS) is 20.2. The summed E-state index contributed by atoms with van der Waals surface area (Å²) in [5, 5.41) is 5.77. The average molecular weight is 345 g/mol. The molecule has 5 nitrogen and oxygen atoms in total. The maximum Gasteiger partial charge on any atom is 0.461 e. The van der Waals surface area contributed by atoms with E-state index >= 15 is 0 Å². The van der Waals surface area contributed by atoms with Gasteiger partial charge in [0.05, 0.1) is 0 Å². The molecule has 2 aliphatic rings. The van der Waals surface area contributed by atoms with Gasteiger partial charge in [0.15, 0.2) is 0 Å². The Balaban J connectivity index is 1.84. The van der Waals surface area contributed by atoms with Crippen LogP contribution in [0.1, 0.15) is 18.4 Å². The maximum atomic E-state index is 13.0. The highest BCUT2D eigenvalue weighted by atomic mass is 19.3. The lowest BCUT2D eigenvalue weighted by atomic mass is 9.89. The van der Waals surface area contributed by atoms with Crippen LogP contribution < -0.4 is 15.4 Å². The summed E-state index contributed by atoms with van der Waals surface area (Å²) in [6.07, 6.45) is -7.47. The SMILES string of the molecule is O=C1NC(c2cccc(OC(F)(F)C(F)F)c2)=NC12CCNCC2. The summed E-state index contributed by atoms with van der Waals surface area (Å²) >= 11 is 0. The third-order valence-electron chi connectivity index (χ3n) is 4.03. The van der Waals surface area contributed by atoms with Crippen molar-refractivity contribution in [3.8, 4) is 5.75 Å². The van der Waals surface area contributed by atoms with Gasteiger partial charge in [-0.2, -0.15) is 17.6 Å². The summed E-state index contributed by atoms with van der Waals surface area (Å²) in [5.41, 5.74) is -0.536. The number of carbonyl (C=O) groups excluding carboxylic acids is 1. The van der Waals surface area contributed by atoms with Crippen molar-refractivity contribution < 1.29 is 27.1 Å². The molecule has 0 saturated carbocycles. The van der Waals surface area contributed by atoms with Crippen LogP contribution in [0.4, 0.5) is 17.6 Å². The number of carbonyl (C=O) groups is 1. The lowest BCUT2D eigenvalue weighted by molar-refractivity contribution is -0.253. The summed E-state index contributed by atoms with van der Waals surface area (Å²) in [6, 6.07) is 5.19. The van der Waals surface area contributed by atoms with E-state index in [1.807, 2.05) is 0 Å². The van der Waals surface area contributed by atoms with Crippen molar-refractivity contribution in [3.05, 3.63) is 29.8 Å². The van der Waals surface area contributed by atoms with Gasteiger partial charge >= 0.3 is 12.5 Å². The number of amidine groups is 1. The smallest absolute Gasteiger partial charge is 0.428 e. The topological polar surface area (TPSA) is 62.7 Å². The van der Waals surface area contributed by atoms with Gasteiger partial charge in [-0.25, -0.2) is 0 Å². The molecule has 2 aliphatic heterocycles. The van der Waals surface area contributed by atoms with Crippen molar-refractivity contribution in [2.75, 3.05) is 13.1 Å². The second kappa shape index (κ2) is 6.04. The second-order valence-electron chi connectivity index (χ2n) is 5.69. The van der Waals surface area contributed by atoms with Gasteiger partial charge in [0.1, 0.15) is 17.1 Å². The summed E-state index contributed by atoms with van der Waals surface area (Å²) in [5.74, 6) is -0.447. The standard InChI is InChI=1S/C15H15F4N3O2/c16-12(17)15(18,19)24-10-3-1-2-9(8-10)11-21-13(23)14(22-11)4-6-20-7-5-14/h1-3,8,12,20H,4-7H2,(H,21,22,23). The van der Waals surface area contributed by atoms with E-state index in [0.717, 1.165) is 12.1 Å². The van der Waals surface area contributed by atoms with Crippen LogP contribution in [0.5, 0.6) is 5.75 Å². The Hall–Kier alpha value is -2.16. The molecule has 1 spiro atoms. The van der Waals surface area contributed by atoms with Gasteiger partial charge in [-0.1, -0.05) is 12.1 Å². The van der Waals surface area contributed by atoms with Crippen molar-refractivity contribution in [2.24, 2.45) is 4.99 Å². The van der Waals surface area contributed by atoms with E-state index < -0.39 is 23.8 Å². The Morgan fingerprint density at radius 1 is 1.25 bits per heavy atom. The average Bonchev–Trinajstić information content (AvgIpc) is 2.84. The third kappa shape index (κ3) is 3.08. The molecule has 0 radical (unpaired) electrons. The first-order valence-corrected chi connectivity index (χ1v) is 7.40. The number of rotatable bonds is 4. The molecule has 9 heteroatoms. The van der Waals surface area contributed by atoms with Gasteiger partial charge < -0.3 is 15.4 Å². The molecule has 1 aromatic rings. The lowest BCUT2D eigenvalue weighted by Crippen LogP contribution is -2.47. The van der Waals surface area contributed by atoms with Crippen LogP contribution in [0.2, 0.25) is 0 Å².